The van der Waals surface area contributed by atoms with E-state index >= 15 is 0 Å². The number of anilines is 2. The van der Waals surface area contributed by atoms with E-state index in [9.17, 15) is 0 Å². The second kappa shape index (κ2) is 10.4. The van der Waals surface area contributed by atoms with Crippen LogP contribution in [0.25, 0.3) is 0 Å². The maximum Gasteiger partial charge on any atom is 0.234 e. The van der Waals surface area contributed by atoms with Crippen molar-refractivity contribution in [2.45, 2.75) is 25.3 Å². The third kappa shape index (κ3) is 4.34. The largest absolute Gasteiger partial charge is 0.234 e. The van der Waals surface area contributed by atoms with Gasteiger partial charge in [0.25, 0.3) is 0 Å². The lowest BCUT2D eigenvalue weighted by atomic mass is 9.92. The van der Waals surface area contributed by atoms with E-state index in [1.54, 1.807) is 11.8 Å². The topological polar surface area (TPSA) is 31.2 Å². The minimum atomic E-state index is -0.785. The molecule has 2 heterocycles. The van der Waals surface area contributed by atoms with E-state index in [4.69, 9.17) is 10.2 Å². The Morgan fingerprint density at radius 2 is 1.17 bits per heavy atom. The molecule has 0 radical (unpaired) electrons. The number of benzene rings is 5. The molecule has 41 heavy (non-hydrogen) atoms. The number of fused-ring (bicyclic) bond motifs is 2. The Morgan fingerprint density at radius 3 is 1.80 bits per heavy atom. The van der Waals surface area contributed by atoms with Crippen molar-refractivity contribution in [1.29, 1.82) is 0 Å². The second-order valence-electron chi connectivity index (χ2n) is 10.3. The van der Waals surface area contributed by atoms with Gasteiger partial charge in [-0.15, -0.1) is 0 Å². The van der Waals surface area contributed by atoms with Gasteiger partial charge in [-0.1, -0.05) is 122 Å². The normalized spacial score (nSPS) is 17.8. The first-order chi connectivity index (χ1) is 20.2. The zero-order valence-electron chi connectivity index (χ0n) is 23.1. The Kier molecular flexibility index (Phi) is 6.44. The van der Waals surface area contributed by atoms with Gasteiger partial charge >= 0.3 is 0 Å². The molecule has 2 aliphatic rings. The highest BCUT2D eigenvalue weighted by Crippen LogP contribution is 2.55. The summed E-state index contributed by atoms with van der Waals surface area (Å²) in [5.41, 5.74) is 9.94. The van der Waals surface area contributed by atoms with E-state index in [1.807, 2.05) is 12.1 Å². The fourth-order valence-corrected chi connectivity index (χ4v) is 6.90. The number of hydrogen-bond donors (Lipinski definition) is 0. The third-order valence-electron chi connectivity index (χ3n) is 7.67. The first-order valence-electron chi connectivity index (χ1n) is 14.0. The maximum atomic E-state index is 5.49. The number of rotatable bonds is 5. The molecule has 0 fully saturated rings. The number of nitrogens with zero attached hydrogens (tertiary/aromatic N) is 4. The van der Waals surface area contributed by atoms with Gasteiger partial charge in [-0.25, -0.2) is 10.0 Å². The smallest absolute Gasteiger partial charge is 0.223 e. The molecule has 0 saturated carbocycles. The van der Waals surface area contributed by atoms with Crippen LogP contribution in [0.2, 0.25) is 0 Å². The summed E-state index contributed by atoms with van der Waals surface area (Å²) in [6.45, 7) is 4.30. The Bertz CT molecular complexity index is 1750. The average molecular weight is 551 g/mol. The molecule has 0 unspecified atom stereocenters. The van der Waals surface area contributed by atoms with Gasteiger partial charge in [0, 0.05) is 22.3 Å². The molecule has 7 rings (SSSR count). The van der Waals surface area contributed by atoms with Crippen molar-refractivity contribution in [2.75, 3.05) is 10.0 Å². The summed E-state index contributed by atoms with van der Waals surface area (Å²) in [6, 6.07) is 47.0. The highest BCUT2D eigenvalue weighted by atomic mass is 32.2. The minimum Gasteiger partial charge on any atom is -0.223 e. The van der Waals surface area contributed by atoms with Crippen molar-refractivity contribution >= 4 is 33.9 Å². The van der Waals surface area contributed by atoms with Crippen molar-refractivity contribution in [3.8, 4) is 0 Å². The summed E-state index contributed by atoms with van der Waals surface area (Å²) in [5.74, 6) is 0. The van der Waals surface area contributed by atoms with Gasteiger partial charge in [0.15, 0.2) is 0 Å². The molecule has 5 aromatic carbocycles. The van der Waals surface area contributed by atoms with E-state index in [1.165, 1.54) is 11.1 Å². The third-order valence-corrected chi connectivity index (χ3v) is 9.03. The first kappa shape index (κ1) is 25.4. The molecule has 4 nitrogen and oxygen atoms in total. The molecular weight excluding hydrogens is 520 g/mol. The van der Waals surface area contributed by atoms with Gasteiger partial charge < -0.3 is 0 Å². The number of thioether (sulfide) groups is 1. The number of para-hydroxylation sites is 2. The molecule has 0 amide bonds. The monoisotopic (exact) mass is 550 g/mol. The highest BCUT2D eigenvalue weighted by molar-refractivity contribution is 8.15. The van der Waals surface area contributed by atoms with Crippen molar-refractivity contribution in [3.63, 3.8) is 0 Å². The van der Waals surface area contributed by atoms with Crippen molar-refractivity contribution < 1.29 is 0 Å². The van der Waals surface area contributed by atoms with Gasteiger partial charge in [-0.3, -0.25) is 0 Å². The Labute approximate surface area is 245 Å². The van der Waals surface area contributed by atoms with Crippen molar-refractivity contribution in [3.05, 3.63) is 167 Å². The van der Waals surface area contributed by atoms with Crippen LogP contribution in [0, 0.1) is 6.92 Å². The van der Waals surface area contributed by atoms with E-state index in [-0.39, 0.29) is 0 Å². The van der Waals surface area contributed by atoms with E-state index in [2.05, 4.69) is 145 Å². The van der Waals surface area contributed by atoms with Gasteiger partial charge in [0.05, 0.1) is 17.1 Å². The molecule has 0 aliphatic carbocycles. The van der Waals surface area contributed by atoms with Crippen LogP contribution in [0.1, 0.15) is 40.3 Å². The summed E-state index contributed by atoms with van der Waals surface area (Å²) < 4.78 is 0. The molecule has 0 N–H and O–H groups in total. The lowest BCUT2D eigenvalue weighted by Gasteiger charge is -2.47. The van der Waals surface area contributed by atoms with E-state index < -0.39 is 4.99 Å². The Balaban J connectivity index is 1.49. The molecular formula is C36H30N4S. The summed E-state index contributed by atoms with van der Waals surface area (Å²) >= 11 is 1.74. The highest BCUT2D eigenvalue weighted by Gasteiger charge is 2.55. The van der Waals surface area contributed by atoms with Crippen LogP contribution in [0.4, 0.5) is 11.4 Å². The Hall–Kier alpha value is -4.61. The van der Waals surface area contributed by atoms with Gasteiger partial charge in [0.2, 0.25) is 4.99 Å². The molecule has 0 bridgehead atoms. The number of hydrogen-bond acceptors (Lipinski definition) is 5. The van der Waals surface area contributed by atoms with Gasteiger partial charge in [-0.2, -0.15) is 10.2 Å². The molecule has 5 aromatic rings. The standard InChI is InChI=1S/C36H30N4S/c1-3-27-20-24-28(25-21-27)34-32-16-10-11-17-33(32)36(39(37-34)30-12-6-4-7-13-30)40(31-14-8-5-9-15-31)38-35(41-36)29-22-18-26(2)19-23-29/h4-25H,3H2,1-2H3/t36-/m1/s1. The molecule has 0 saturated heterocycles. The summed E-state index contributed by atoms with van der Waals surface area (Å²) in [6.07, 6.45) is 1.00. The predicted molar refractivity (Wildman–Crippen MR) is 173 cm³/mol. The molecule has 1 spiro atoms. The average Bonchev–Trinajstić information content (AvgIpc) is 3.43. The van der Waals surface area contributed by atoms with Crippen LogP contribution in [-0.2, 0) is 11.4 Å². The SMILES string of the molecule is CCc1ccc(C2=NN(c3ccccc3)[C@]3(SC(c4ccc(C)cc4)=NN3c3ccccc3)c3ccccc32)cc1. The molecule has 2 aliphatic heterocycles. The predicted octanol–water partition coefficient (Wildman–Crippen LogP) is 8.56. The van der Waals surface area contributed by atoms with Crippen LogP contribution in [0.3, 0.4) is 0 Å². The van der Waals surface area contributed by atoms with Crippen LogP contribution in [0.5, 0.6) is 0 Å². The first-order valence-corrected chi connectivity index (χ1v) is 14.8. The van der Waals surface area contributed by atoms with E-state index in [0.29, 0.717) is 0 Å². The van der Waals surface area contributed by atoms with Crippen LogP contribution in [0.15, 0.2) is 144 Å². The fraction of sp³-hybridized carbons (Fsp3) is 0.111. The van der Waals surface area contributed by atoms with Gasteiger partial charge in [-0.05, 0) is 54.9 Å². The fourth-order valence-electron chi connectivity index (χ4n) is 5.50. The maximum absolute atomic E-state index is 5.49. The summed E-state index contributed by atoms with van der Waals surface area (Å²) in [4.78, 5) is -0.785. The number of aryl methyl sites for hydroxylation is 2. The second-order valence-corrected chi connectivity index (χ2v) is 11.5. The van der Waals surface area contributed by atoms with Crippen LogP contribution < -0.4 is 10.0 Å². The quantitative estimate of drug-likeness (QED) is 0.220. The van der Waals surface area contributed by atoms with Crippen LogP contribution >= 0.6 is 11.8 Å². The van der Waals surface area contributed by atoms with Crippen molar-refractivity contribution in [2.24, 2.45) is 10.2 Å². The van der Waals surface area contributed by atoms with Crippen LogP contribution in [-0.4, -0.2) is 10.8 Å². The lowest BCUT2D eigenvalue weighted by Crippen LogP contribution is -2.54. The lowest BCUT2D eigenvalue weighted by molar-refractivity contribution is 0.550. The Morgan fingerprint density at radius 1 is 0.610 bits per heavy atom. The molecule has 1 atom stereocenters. The molecule has 200 valence electrons. The molecule has 0 aromatic heterocycles. The van der Waals surface area contributed by atoms with Crippen molar-refractivity contribution in [1.82, 2.24) is 0 Å². The zero-order valence-corrected chi connectivity index (χ0v) is 23.9. The zero-order chi connectivity index (χ0) is 27.8. The molecule has 5 heteroatoms. The van der Waals surface area contributed by atoms with Gasteiger partial charge in [0.1, 0.15) is 5.04 Å². The summed E-state index contributed by atoms with van der Waals surface area (Å²) in [7, 11) is 0. The minimum absolute atomic E-state index is 0.785. The summed E-state index contributed by atoms with van der Waals surface area (Å²) in [5, 5.41) is 16.1. The number of hydrazone groups is 2. The van der Waals surface area contributed by atoms with E-state index in [0.717, 1.165) is 50.8 Å².